The summed E-state index contributed by atoms with van der Waals surface area (Å²) in [5.41, 5.74) is 13.6. The van der Waals surface area contributed by atoms with Crippen LogP contribution in [0.5, 0.6) is 11.6 Å². The molecule has 1 amide bonds. The van der Waals surface area contributed by atoms with Crippen LogP contribution in [0.3, 0.4) is 0 Å². The summed E-state index contributed by atoms with van der Waals surface area (Å²) in [6.45, 7) is 1.91. The van der Waals surface area contributed by atoms with Gasteiger partial charge in [0, 0.05) is 15.6 Å². The Morgan fingerprint density at radius 3 is 2.73 bits per heavy atom. The fourth-order valence-corrected chi connectivity index (χ4v) is 3.26. The number of nitrogens with one attached hydrogen (secondary N) is 2. The lowest BCUT2D eigenvalue weighted by molar-refractivity contribution is 0.0961. The first-order valence-corrected chi connectivity index (χ1v) is 9.78. The SMILES string of the molecule is Cc1ccc2cccc(Oc3ncnc(NNC(=O)c4ccccc4Br)c3N)c2n1. The maximum atomic E-state index is 12.4. The number of anilines is 2. The Morgan fingerprint density at radius 2 is 1.90 bits per heavy atom. The second-order valence-corrected chi connectivity index (χ2v) is 7.24. The third-order valence-corrected chi connectivity index (χ3v) is 4.98. The lowest BCUT2D eigenvalue weighted by Crippen LogP contribution is -2.30. The number of nitrogens with zero attached hydrogens (tertiary/aromatic N) is 3. The van der Waals surface area contributed by atoms with Crippen molar-refractivity contribution in [3.63, 3.8) is 0 Å². The van der Waals surface area contributed by atoms with Gasteiger partial charge in [-0.15, -0.1) is 0 Å². The Balaban J connectivity index is 1.56. The van der Waals surface area contributed by atoms with E-state index in [1.807, 2.05) is 37.3 Å². The van der Waals surface area contributed by atoms with Gasteiger partial charge in [-0.25, -0.2) is 9.97 Å². The second kappa shape index (κ2) is 8.34. The van der Waals surface area contributed by atoms with Crippen LogP contribution in [0.25, 0.3) is 10.9 Å². The van der Waals surface area contributed by atoms with Crippen LogP contribution in [0, 0.1) is 6.92 Å². The molecule has 4 rings (SSSR count). The van der Waals surface area contributed by atoms with Gasteiger partial charge in [-0.3, -0.25) is 15.6 Å². The average Bonchev–Trinajstić information content (AvgIpc) is 2.75. The molecule has 4 N–H and O–H groups in total. The summed E-state index contributed by atoms with van der Waals surface area (Å²) in [6, 6.07) is 16.6. The van der Waals surface area contributed by atoms with E-state index < -0.39 is 0 Å². The molecule has 0 aliphatic heterocycles. The van der Waals surface area contributed by atoms with Crippen molar-refractivity contribution in [3.8, 4) is 11.6 Å². The number of rotatable bonds is 5. The molecule has 0 atom stereocenters. The molecule has 0 fully saturated rings. The molecule has 8 nitrogen and oxygen atoms in total. The molecule has 9 heteroatoms. The van der Waals surface area contributed by atoms with Crippen LogP contribution in [0.4, 0.5) is 11.5 Å². The molecular weight excluding hydrogens is 448 g/mol. The normalized spacial score (nSPS) is 10.6. The van der Waals surface area contributed by atoms with Crippen LogP contribution in [0.1, 0.15) is 16.1 Å². The van der Waals surface area contributed by atoms with Crippen molar-refractivity contribution in [1.82, 2.24) is 20.4 Å². The Labute approximate surface area is 180 Å². The predicted molar refractivity (Wildman–Crippen MR) is 118 cm³/mol. The zero-order chi connectivity index (χ0) is 21.1. The molecule has 0 aliphatic carbocycles. The highest BCUT2D eigenvalue weighted by molar-refractivity contribution is 9.10. The summed E-state index contributed by atoms with van der Waals surface area (Å²) in [5, 5.41) is 0.935. The van der Waals surface area contributed by atoms with Gasteiger partial charge in [0.05, 0.1) is 5.56 Å². The van der Waals surface area contributed by atoms with Gasteiger partial charge >= 0.3 is 0 Å². The number of para-hydroxylation sites is 1. The zero-order valence-corrected chi connectivity index (χ0v) is 17.5. The third-order valence-electron chi connectivity index (χ3n) is 4.29. The van der Waals surface area contributed by atoms with Crippen LogP contribution < -0.4 is 21.3 Å². The molecule has 0 saturated carbocycles. The van der Waals surface area contributed by atoms with Gasteiger partial charge in [0.2, 0.25) is 5.88 Å². The van der Waals surface area contributed by atoms with Crippen LogP contribution in [-0.4, -0.2) is 20.9 Å². The second-order valence-electron chi connectivity index (χ2n) is 6.38. The maximum absolute atomic E-state index is 12.4. The predicted octanol–water partition coefficient (Wildman–Crippen LogP) is 4.23. The first kappa shape index (κ1) is 19.6. The molecule has 0 bridgehead atoms. The van der Waals surface area contributed by atoms with Crippen molar-refractivity contribution in [2.75, 3.05) is 11.2 Å². The van der Waals surface area contributed by atoms with E-state index in [0.717, 1.165) is 11.1 Å². The van der Waals surface area contributed by atoms with Crippen molar-refractivity contribution in [2.24, 2.45) is 0 Å². The molecule has 30 heavy (non-hydrogen) atoms. The van der Waals surface area contributed by atoms with Crippen LogP contribution in [0.2, 0.25) is 0 Å². The molecule has 150 valence electrons. The lowest BCUT2D eigenvalue weighted by Gasteiger charge is -2.13. The number of hydrazine groups is 1. The number of benzene rings is 2. The summed E-state index contributed by atoms with van der Waals surface area (Å²) < 4.78 is 6.60. The van der Waals surface area contributed by atoms with E-state index in [1.54, 1.807) is 24.3 Å². The monoisotopic (exact) mass is 464 g/mol. The molecule has 0 spiro atoms. The van der Waals surface area contributed by atoms with Crippen molar-refractivity contribution in [3.05, 3.63) is 76.7 Å². The quantitative estimate of drug-likeness (QED) is 0.378. The van der Waals surface area contributed by atoms with Crippen molar-refractivity contribution in [1.29, 1.82) is 0 Å². The van der Waals surface area contributed by atoms with Crippen LogP contribution >= 0.6 is 15.9 Å². The number of nitrogens with two attached hydrogens (primary N) is 1. The first-order chi connectivity index (χ1) is 14.5. The fourth-order valence-electron chi connectivity index (χ4n) is 2.79. The molecule has 0 aliphatic rings. The molecule has 0 saturated heterocycles. The zero-order valence-electron chi connectivity index (χ0n) is 15.9. The number of carbonyl (C=O) groups is 1. The molecule has 0 radical (unpaired) electrons. The van der Waals surface area contributed by atoms with Gasteiger partial charge in [0.1, 0.15) is 17.5 Å². The van der Waals surface area contributed by atoms with E-state index in [9.17, 15) is 4.79 Å². The summed E-state index contributed by atoms with van der Waals surface area (Å²) in [5.74, 6) is 0.532. The Bertz CT molecular complexity index is 1250. The van der Waals surface area contributed by atoms with Gasteiger partial charge < -0.3 is 10.5 Å². The Hall–Kier alpha value is -3.72. The number of ether oxygens (including phenoxy) is 1. The summed E-state index contributed by atoms with van der Waals surface area (Å²) in [7, 11) is 0. The standard InChI is InChI=1S/C21H17BrN6O2/c1-12-9-10-13-5-4-8-16(18(13)26-12)30-21-17(23)19(24-11-25-21)27-28-20(29)14-6-2-3-7-15(14)22/h2-11H,23H2,1H3,(H,28,29)(H,24,25,27). The summed E-state index contributed by atoms with van der Waals surface area (Å²) >= 11 is 3.35. The van der Waals surface area contributed by atoms with Gasteiger partial charge in [0.25, 0.3) is 5.91 Å². The average molecular weight is 465 g/mol. The smallest absolute Gasteiger partial charge is 0.270 e. The van der Waals surface area contributed by atoms with E-state index in [4.69, 9.17) is 10.5 Å². The topological polar surface area (TPSA) is 115 Å². The minimum Gasteiger partial charge on any atom is -0.435 e. The molecule has 2 heterocycles. The highest BCUT2D eigenvalue weighted by atomic mass is 79.9. The number of aryl methyl sites for hydroxylation is 1. The molecule has 2 aromatic heterocycles. The minimum atomic E-state index is -0.350. The number of nitrogen functional groups attached to an aromatic ring is 1. The highest BCUT2D eigenvalue weighted by Crippen LogP contribution is 2.32. The van der Waals surface area contributed by atoms with Gasteiger partial charge in [0.15, 0.2) is 11.6 Å². The lowest BCUT2D eigenvalue weighted by atomic mass is 10.2. The Morgan fingerprint density at radius 1 is 1.07 bits per heavy atom. The van der Waals surface area contributed by atoms with E-state index in [1.165, 1.54) is 6.33 Å². The van der Waals surface area contributed by atoms with E-state index in [2.05, 4.69) is 41.7 Å². The van der Waals surface area contributed by atoms with Gasteiger partial charge in [-0.2, -0.15) is 4.98 Å². The molecule has 0 unspecified atom stereocenters. The van der Waals surface area contributed by atoms with Crippen molar-refractivity contribution in [2.45, 2.75) is 6.92 Å². The number of hydrogen-bond donors (Lipinski definition) is 3. The first-order valence-electron chi connectivity index (χ1n) is 8.98. The number of carbonyl (C=O) groups excluding carboxylic acids is 1. The maximum Gasteiger partial charge on any atom is 0.270 e. The number of pyridine rings is 1. The van der Waals surface area contributed by atoms with Gasteiger partial charge in [-0.05, 0) is 47.1 Å². The number of amides is 1. The minimum absolute atomic E-state index is 0.148. The summed E-state index contributed by atoms with van der Waals surface area (Å²) in [6.07, 6.45) is 1.29. The number of halogens is 1. The third kappa shape index (κ3) is 4.01. The van der Waals surface area contributed by atoms with Crippen molar-refractivity contribution < 1.29 is 9.53 Å². The largest absolute Gasteiger partial charge is 0.435 e. The van der Waals surface area contributed by atoms with E-state index in [-0.39, 0.29) is 23.3 Å². The number of hydrogen-bond acceptors (Lipinski definition) is 7. The van der Waals surface area contributed by atoms with E-state index in [0.29, 0.717) is 21.3 Å². The van der Waals surface area contributed by atoms with Crippen LogP contribution in [0.15, 0.2) is 65.4 Å². The summed E-state index contributed by atoms with van der Waals surface area (Å²) in [4.78, 5) is 25.1. The molecular formula is C21H17BrN6O2. The Kier molecular flexibility index (Phi) is 5.44. The van der Waals surface area contributed by atoms with Crippen LogP contribution in [-0.2, 0) is 0 Å². The number of fused-ring (bicyclic) bond motifs is 1. The fraction of sp³-hybridized carbons (Fsp3) is 0.0476. The van der Waals surface area contributed by atoms with Gasteiger partial charge in [-0.1, -0.05) is 30.3 Å². The molecule has 4 aromatic rings. The van der Waals surface area contributed by atoms with E-state index >= 15 is 0 Å². The highest BCUT2D eigenvalue weighted by Gasteiger charge is 2.14. The number of aromatic nitrogens is 3. The molecule has 2 aromatic carbocycles. The van der Waals surface area contributed by atoms with Crippen molar-refractivity contribution >= 4 is 44.2 Å².